The third-order valence-electron chi connectivity index (χ3n) is 2.43. The van der Waals surface area contributed by atoms with Crippen LogP contribution in [0.25, 0.3) is 10.1 Å². The van der Waals surface area contributed by atoms with Crippen LogP contribution < -0.4 is 5.73 Å². The predicted octanol–water partition coefficient (Wildman–Crippen LogP) is 1.89. The van der Waals surface area contributed by atoms with Crippen molar-refractivity contribution in [2.24, 2.45) is 5.73 Å². The van der Waals surface area contributed by atoms with Crippen molar-refractivity contribution in [3.63, 3.8) is 0 Å². The van der Waals surface area contributed by atoms with Crippen LogP contribution in [0, 0.1) is 5.41 Å². The van der Waals surface area contributed by atoms with E-state index in [0.717, 1.165) is 15.0 Å². The molecule has 17 heavy (non-hydrogen) atoms. The van der Waals surface area contributed by atoms with Gasteiger partial charge in [0.15, 0.2) is 0 Å². The minimum atomic E-state index is -0.0255. The summed E-state index contributed by atoms with van der Waals surface area (Å²) in [5.41, 5.74) is 6.09. The van der Waals surface area contributed by atoms with Crippen LogP contribution in [0.4, 0.5) is 0 Å². The maximum absolute atomic E-state index is 11.8. The molecule has 0 unspecified atom stereocenters. The molecule has 5 heteroatoms. The monoisotopic (exact) mass is 247 g/mol. The number of thiophene rings is 1. The highest BCUT2D eigenvalue weighted by Gasteiger charge is 2.10. The van der Waals surface area contributed by atoms with Crippen molar-refractivity contribution >= 4 is 33.2 Å². The van der Waals surface area contributed by atoms with Gasteiger partial charge in [0.05, 0.1) is 4.88 Å². The first-order chi connectivity index (χ1) is 7.99. The van der Waals surface area contributed by atoms with E-state index in [1.807, 2.05) is 18.2 Å². The number of amides is 1. The van der Waals surface area contributed by atoms with Gasteiger partial charge in [-0.2, -0.15) is 0 Å². The van der Waals surface area contributed by atoms with Gasteiger partial charge in [-0.25, -0.2) is 0 Å². The number of nitrogens with two attached hydrogens (primary N) is 1. The summed E-state index contributed by atoms with van der Waals surface area (Å²) in [6.07, 6.45) is 0. The lowest BCUT2D eigenvalue weighted by atomic mass is 10.1. The average molecular weight is 247 g/mol. The Bertz CT molecular complexity index is 601. The number of hydrogen-bond acceptors (Lipinski definition) is 3. The van der Waals surface area contributed by atoms with E-state index in [1.165, 1.54) is 11.3 Å². The lowest BCUT2D eigenvalue weighted by Crippen LogP contribution is -2.21. The van der Waals surface area contributed by atoms with Crippen LogP contribution in [0.1, 0.15) is 15.2 Å². The van der Waals surface area contributed by atoms with Crippen molar-refractivity contribution in [3.05, 3.63) is 34.7 Å². The van der Waals surface area contributed by atoms with Crippen molar-refractivity contribution in [3.8, 4) is 0 Å². The van der Waals surface area contributed by atoms with Gasteiger partial charge in [-0.05, 0) is 29.7 Å². The first-order valence-corrected chi connectivity index (χ1v) is 5.90. The second-order valence-electron chi connectivity index (χ2n) is 3.98. The van der Waals surface area contributed by atoms with Gasteiger partial charge >= 0.3 is 0 Å². The molecule has 0 aliphatic rings. The maximum Gasteiger partial charge on any atom is 0.253 e. The summed E-state index contributed by atoms with van der Waals surface area (Å²) in [4.78, 5) is 14.1. The number of rotatable bonds is 2. The molecule has 2 rings (SSSR count). The molecular formula is C12H13N3OS. The van der Waals surface area contributed by atoms with Gasteiger partial charge in [-0.3, -0.25) is 10.2 Å². The van der Waals surface area contributed by atoms with E-state index >= 15 is 0 Å². The maximum atomic E-state index is 11.8. The van der Waals surface area contributed by atoms with E-state index in [9.17, 15) is 4.79 Å². The number of hydrogen-bond donors (Lipinski definition) is 2. The first kappa shape index (κ1) is 11.6. The third kappa shape index (κ3) is 2.14. The Balaban J connectivity index is 2.50. The zero-order valence-electron chi connectivity index (χ0n) is 9.65. The molecule has 0 aliphatic carbocycles. The number of benzene rings is 1. The molecule has 0 saturated carbocycles. The highest BCUT2D eigenvalue weighted by Crippen LogP contribution is 2.26. The molecule has 2 aromatic rings. The molecule has 1 aromatic heterocycles. The largest absolute Gasteiger partial charge is 0.383 e. The highest BCUT2D eigenvalue weighted by atomic mass is 32.1. The minimum absolute atomic E-state index is 0.0255. The zero-order chi connectivity index (χ0) is 12.6. The quantitative estimate of drug-likeness (QED) is 0.628. The number of amidine groups is 1. The highest BCUT2D eigenvalue weighted by molar-refractivity contribution is 7.20. The Hall–Kier alpha value is -1.88. The van der Waals surface area contributed by atoms with E-state index in [2.05, 4.69) is 0 Å². The van der Waals surface area contributed by atoms with Gasteiger partial charge in [0.25, 0.3) is 5.91 Å². The molecular weight excluding hydrogens is 234 g/mol. The van der Waals surface area contributed by atoms with Crippen LogP contribution >= 0.6 is 11.3 Å². The van der Waals surface area contributed by atoms with Crippen molar-refractivity contribution in [2.75, 3.05) is 14.1 Å². The molecule has 4 nitrogen and oxygen atoms in total. The van der Waals surface area contributed by atoms with Crippen LogP contribution in [-0.4, -0.2) is 30.7 Å². The first-order valence-electron chi connectivity index (χ1n) is 5.08. The van der Waals surface area contributed by atoms with E-state index in [-0.39, 0.29) is 11.7 Å². The van der Waals surface area contributed by atoms with E-state index in [0.29, 0.717) is 5.56 Å². The second kappa shape index (κ2) is 4.18. The van der Waals surface area contributed by atoms with Crippen LogP contribution in [0.5, 0.6) is 0 Å². The fourth-order valence-electron chi connectivity index (χ4n) is 1.57. The van der Waals surface area contributed by atoms with Crippen LogP contribution in [0.15, 0.2) is 24.3 Å². The van der Waals surface area contributed by atoms with E-state index in [4.69, 9.17) is 11.1 Å². The van der Waals surface area contributed by atoms with Crippen molar-refractivity contribution in [1.82, 2.24) is 4.90 Å². The number of nitrogens with zero attached hydrogens (tertiary/aromatic N) is 1. The molecule has 0 bridgehead atoms. The number of carbonyl (C=O) groups is 1. The van der Waals surface area contributed by atoms with Gasteiger partial charge in [0, 0.05) is 24.4 Å². The average Bonchev–Trinajstić information content (AvgIpc) is 2.70. The Kier molecular flexibility index (Phi) is 2.85. The summed E-state index contributed by atoms with van der Waals surface area (Å²) in [7, 11) is 3.45. The van der Waals surface area contributed by atoms with Gasteiger partial charge in [-0.1, -0.05) is 0 Å². The van der Waals surface area contributed by atoms with Crippen LogP contribution in [-0.2, 0) is 0 Å². The summed E-state index contributed by atoms with van der Waals surface area (Å²) < 4.78 is 1.03. The van der Waals surface area contributed by atoms with E-state index in [1.54, 1.807) is 25.1 Å². The second-order valence-corrected chi connectivity index (χ2v) is 5.06. The Labute approximate surface area is 103 Å². The molecule has 1 aromatic carbocycles. The van der Waals surface area contributed by atoms with Crippen molar-refractivity contribution in [2.45, 2.75) is 0 Å². The molecule has 88 valence electrons. The molecule has 1 amide bonds. The van der Waals surface area contributed by atoms with Gasteiger partial charge in [0.2, 0.25) is 0 Å². The molecule has 0 spiro atoms. The molecule has 0 aliphatic heterocycles. The van der Waals surface area contributed by atoms with Crippen LogP contribution in [0.3, 0.4) is 0 Å². The fraction of sp³-hybridized carbons (Fsp3) is 0.167. The summed E-state index contributed by atoms with van der Waals surface area (Å²) in [6.45, 7) is 0. The SMILES string of the molecule is CN(C)C(=O)c1ccc2sc(C(=N)N)cc2c1. The van der Waals surface area contributed by atoms with Crippen molar-refractivity contribution < 1.29 is 4.79 Å². The summed E-state index contributed by atoms with van der Waals surface area (Å²) in [5.74, 6) is 0.0363. The molecule has 0 radical (unpaired) electrons. The molecule has 0 fully saturated rings. The number of nitrogen functional groups attached to an aromatic ring is 1. The van der Waals surface area contributed by atoms with Crippen molar-refractivity contribution in [1.29, 1.82) is 5.41 Å². The molecule has 1 heterocycles. The van der Waals surface area contributed by atoms with Gasteiger partial charge < -0.3 is 10.6 Å². The Morgan fingerprint density at radius 1 is 1.35 bits per heavy atom. The fourth-order valence-corrected chi connectivity index (χ4v) is 2.47. The molecule has 0 atom stereocenters. The topological polar surface area (TPSA) is 70.2 Å². The Morgan fingerprint density at radius 3 is 2.65 bits per heavy atom. The molecule has 3 N–H and O–H groups in total. The standard InChI is InChI=1S/C12H13N3OS/c1-15(2)12(16)7-3-4-9-8(5-7)6-10(17-9)11(13)14/h3-6H,1-2H3,(H3,13,14). The van der Waals surface area contributed by atoms with E-state index < -0.39 is 0 Å². The molecule has 0 saturated heterocycles. The summed E-state index contributed by atoms with van der Waals surface area (Å²) >= 11 is 1.46. The number of carbonyl (C=O) groups excluding carboxylic acids is 1. The summed E-state index contributed by atoms with van der Waals surface area (Å²) in [6, 6.07) is 7.36. The third-order valence-corrected chi connectivity index (χ3v) is 3.58. The summed E-state index contributed by atoms with van der Waals surface area (Å²) in [5, 5.41) is 8.34. The van der Waals surface area contributed by atoms with Crippen LogP contribution in [0.2, 0.25) is 0 Å². The number of fused-ring (bicyclic) bond motifs is 1. The zero-order valence-corrected chi connectivity index (χ0v) is 10.5. The lowest BCUT2D eigenvalue weighted by molar-refractivity contribution is 0.0828. The van der Waals surface area contributed by atoms with Gasteiger partial charge in [0.1, 0.15) is 5.84 Å². The van der Waals surface area contributed by atoms with Gasteiger partial charge in [-0.15, -0.1) is 11.3 Å². The smallest absolute Gasteiger partial charge is 0.253 e. The predicted molar refractivity (Wildman–Crippen MR) is 70.9 cm³/mol. The Morgan fingerprint density at radius 2 is 2.06 bits per heavy atom. The number of nitrogens with one attached hydrogen (secondary N) is 1. The minimum Gasteiger partial charge on any atom is -0.383 e. The lowest BCUT2D eigenvalue weighted by Gasteiger charge is -2.09. The normalized spacial score (nSPS) is 10.5.